The maximum atomic E-state index is 12.1. The molecule has 0 unspecified atom stereocenters. The van der Waals surface area contributed by atoms with Crippen molar-refractivity contribution in [1.29, 1.82) is 0 Å². The van der Waals surface area contributed by atoms with Crippen LogP contribution in [0.4, 0.5) is 0 Å². The van der Waals surface area contributed by atoms with Gasteiger partial charge in [-0.2, -0.15) is 0 Å². The van der Waals surface area contributed by atoms with Crippen LogP contribution in [-0.2, 0) is 11.2 Å². The average molecular weight is 273 g/mol. The summed E-state index contributed by atoms with van der Waals surface area (Å²) in [6.45, 7) is 4.30. The maximum absolute atomic E-state index is 12.1. The topological polar surface area (TPSA) is 30.0 Å². The Bertz CT molecular complexity index is 433. The van der Waals surface area contributed by atoms with E-state index in [2.05, 4.69) is 32.0 Å². The van der Waals surface area contributed by atoms with E-state index >= 15 is 0 Å². The SMILES string of the molecule is CCCCC(=O)C1CCC(c2cccc(CC)n2)CC1. The monoisotopic (exact) mass is 273 g/mol. The number of ketones is 1. The Labute approximate surface area is 123 Å². The highest BCUT2D eigenvalue weighted by Gasteiger charge is 2.27. The average Bonchev–Trinajstić information content (AvgIpc) is 2.52. The summed E-state index contributed by atoms with van der Waals surface area (Å²) < 4.78 is 0. The van der Waals surface area contributed by atoms with Crippen LogP contribution in [0.5, 0.6) is 0 Å². The van der Waals surface area contributed by atoms with E-state index in [4.69, 9.17) is 4.98 Å². The number of carbonyl (C=O) groups excluding carboxylic acids is 1. The molecule has 20 heavy (non-hydrogen) atoms. The number of aryl methyl sites for hydroxylation is 1. The Morgan fingerprint density at radius 2 is 1.95 bits per heavy atom. The molecule has 1 aromatic rings. The zero-order valence-corrected chi connectivity index (χ0v) is 12.9. The van der Waals surface area contributed by atoms with E-state index in [1.165, 1.54) is 11.4 Å². The molecule has 1 aliphatic rings. The summed E-state index contributed by atoms with van der Waals surface area (Å²) in [7, 11) is 0. The largest absolute Gasteiger partial charge is 0.299 e. The Balaban J connectivity index is 1.88. The summed E-state index contributed by atoms with van der Waals surface area (Å²) in [5, 5.41) is 0. The molecular formula is C18H27NO. The molecule has 0 N–H and O–H groups in total. The molecule has 0 atom stereocenters. The van der Waals surface area contributed by atoms with Crippen LogP contribution in [0, 0.1) is 5.92 Å². The van der Waals surface area contributed by atoms with E-state index in [1.807, 2.05) is 0 Å². The van der Waals surface area contributed by atoms with Crippen LogP contribution in [0.25, 0.3) is 0 Å². The normalized spacial score (nSPS) is 22.7. The van der Waals surface area contributed by atoms with Gasteiger partial charge in [-0.05, 0) is 50.7 Å². The molecule has 0 spiro atoms. The molecular weight excluding hydrogens is 246 g/mol. The van der Waals surface area contributed by atoms with Crippen LogP contribution < -0.4 is 0 Å². The van der Waals surface area contributed by atoms with Crippen LogP contribution in [0.15, 0.2) is 18.2 Å². The predicted molar refractivity (Wildman–Crippen MR) is 82.8 cm³/mol. The van der Waals surface area contributed by atoms with Gasteiger partial charge in [0.2, 0.25) is 0 Å². The highest BCUT2D eigenvalue weighted by Crippen LogP contribution is 2.36. The molecule has 1 heterocycles. The van der Waals surface area contributed by atoms with Crippen molar-refractivity contribution in [1.82, 2.24) is 4.98 Å². The lowest BCUT2D eigenvalue weighted by molar-refractivity contribution is -0.124. The van der Waals surface area contributed by atoms with Crippen molar-refractivity contribution in [2.75, 3.05) is 0 Å². The van der Waals surface area contributed by atoms with Gasteiger partial charge in [-0.15, -0.1) is 0 Å². The first-order chi connectivity index (χ1) is 9.74. The second-order valence-electron chi connectivity index (χ2n) is 6.03. The van der Waals surface area contributed by atoms with Gasteiger partial charge in [-0.25, -0.2) is 0 Å². The lowest BCUT2D eigenvalue weighted by atomic mass is 9.78. The third-order valence-corrected chi connectivity index (χ3v) is 4.57. The van der Waals surface area contributed by atoms with Gasteiger partial charge in [0, 0.05) is 29.6 Å². The van der Waals surface area contributed by atoms with Crippen molar-refractivity contribution in [3.05, 3.63) is 29.6 Å². The second-order valence-corrected chi connectivity index (χ2v) is 6.03. The molecule has 1 aliphatic carbocycles. The Kier molecular flexibility index (Phi) is 5.75. The minimum Gasteiger partial charge on any atom is -0.299 e. The number of unbranched alkanes of at least 4 members (excludes halogenated alkanes) is 1. The summed E-state index contributed by atoms with van der Waals surface area (Å²) in [6, 6.07) is 6.38. The zero-order valence-electron chi connectivity index (χ0n) is 12.9. The molecule has 0 aliphatic heterocycles. The van der Waals surface area contributed by atoms with Crippen LogP contribution in [0.3, 0.4) is 0 Å². The lowest BCUT2D eigenvalue weighted by Gasteiger charge is -2.27. The smallest absolute Gasteiger partial charge is 0.135 e. The van der Waals surface area contributed by atoms with Gasteiger partial charge in [-0.1, -0.05) is 26.3 Å². The standard InChI is InChI=1S/C18H27NO/c1-3-5-9-18(20)15-12-10-14(11-13-15)17-8-6-7-16(4-2)19-17/h6-8,14-15H,3-5,9-13H2,1-2H3. The van der Waals surface area contributed by atoms with Gasteiger partial charge < -0.3 is 0 Å². The van der Waals surface area contributed by atoms with Crippen molar-refractivity contribution in [2.24, 2.45) is 5.92 Å². The van der Waals surface area contributed by atoms with E-state index < -0.39 is 0 Å². The van der Waals surface area contributed by atoms with E-state index in [0.29, 0.717) is 17.6 Å². The summed E-state index contributed by atoms with van der Waals surface area (Å²) >= 11 is 0. The van der Waals surface area contributed by atoms with Crippen molar-refractivity contribution >= 4 is 5.78 Å². The number of rotatable bonds is 6. The van der Waals surface area contributed by atoms with E-state index in [1.54, 1.807) is 0 Å². The number of hydrogen-bond donors (Lipinski definition) is 0. The van der Waals surface area contributed by atoms with Gasteiger partial charge >= 0.3 is 0 Å². The molecule has 0 amide bonds. The van der Waals surface area contributed by atoms with E-state index in [0.717, 1.165) is 51.4 Å². The van der Waals surface area contributed by atoms with Crippen molar-refractivity contribution < 1.29 is 4.79 Å². The molecule has 110 valence electrons. The van der Waals surface area contributed by atoms with E-state index in [-0.39, 0.29) is 0 Å². The summed E-state index contributed by atoms with van der Waals surface area (Å²) in [6.07, 6.45) is 8.34. The number of carbonyl (C=O) groups is 1. The van der Waals surface area contributed by atoms with Gasteiger partial charge in [-0.3, -0.25) is 9.78 Å². The molecule has 0 bridgehead atoms. The minimum absolute atomic E-state index is 0.326. The molecule has 0 saturated heterocycles. The number of pyridine rings is 1. The third kappa shape index (κ3) is 3.91. The molecule has 1 fully saturated rings. The maximum Gasteiger partial charge on any atom is 0.135 e. The predicted octanol–water partition coefficient (Wildman–Crippen LogP) is 4.68. The minimum atomic E-state index is 0.326. The van der Waals surface area contributed by atoms with Gasteiger partial charge in [0.05, 0.1) is 0 Å². The van der Waals surface area contributed by atoms with Gasteiger partial charge in [0.25, 0.3) is 0 Å². The Morgan fingerprint density at radius 1 is 1.20 bits per heavy atom. The lowest BCUT2D eigenvalue weighted by Crippen LogP contribution is -2.21. The fraction of sp³-hybridized carbons (Fsp3) is 0.667. The van der Waals surface area contributed by atoms with Crippen molar-refractivity contribution in [3.63, 3.8) is 0 Å². The number of nitrogens with zero attached hydrogens (tertiary/aromatic N) is 1. The number of aromatic nitrogens is 1. The van der Waals surface area contributed by atoms with Gasteiger partial charge in [0.1, 0.15) is 5.78 Å². The molecule has 2 nitrogen and oxygen atoms in total. The van der Waals surface area contributed by atoms with Crippen molar-refractivity contribution in [2.45, 2.75) is 71.1 Å². The first-order valence-electron chi connectivity index (χ1n) is 8.23. The summed E-state index contributed by atoms with van der Waals surface area (Å²) in [5.74, 6) is 1.39. The fourth-order valence-corrected chi connectivity index (χ4v) is 3.19. The Hall–Kier alpha value is -1.18. The van der Waals surface area contributed by atoms with Crippen LogP contribution in [0.1, 0.15) is 76.1 Å². The third-order valence-electron chi connectivity index (χ3n) is 4.57. The van der Waals surface area contributed by atoms with Gasteiger partial charge in [0.15, 0.2) is 0 Å². The molecule has 0 radical (unpaired) electrons. The second kappa shape index (κ2) is 7.56. The van der Waals surface area contributed by atoms with Crippen LogP contribution in [0.2, 0.25) is 0 Å². The summed E-state index contributed by atoms with van der Waals surface area (Å²) in [5.41, 5.74) is 2.42. The van der Waals surface area contributed by atoms with Crippen LogP contribution in [-0.4, -0.2) is 10.8 Å². The van der Waals surface area contributed by atoms with E-state index in [9.17, 15) is 4.79 Å². The fourth-order valence-electron chi connectivity index (χ4n) is 3.19. The highest BCUT2D eigenvalue weighted by atomic mass is 16.1. The molecule has 0 aromatic carbocycles. The molecule has 1 aromatic heterocycles. The quantitative estimate of drug-likeness (QED) is 0.753. The molecule has 1 saturated carbocycles. The van der Waals surface area contributed by atoms with Crippen LogP contribution >= 0.6 is 0 Å². The Morgan fingerprint density at radius 3 is 2.60 bits per heavy atom. The summed E-state index contributed by atoms with van der Waals surface area (Å²) in [4.78, 5) is 16.8. The first kappa shape index (κ1) is 15.2. The van der Waals surface area contributed by atoms with Crippen molar-refractivity contribution in [3.8, 4) is 0 Å². The zero-order chi connectivity index (χ0) is 14.4. The number of Topliss-reactive ketones (excluding diaryl/α,β-unsaturated/α-hetero) is 1. The molecule has 2 heteroatoms. The first-order valence-corrected chi connectivity index (χ1v) is 8.23. The number of hydrogen-bond acceptors (Lipinski definition) is 2. The highest BCUT2D eigenvalue weighted by molar-refractivity contribution is 5.81. The molecule has 2 rings (SSSR count).